The second-order valence-corrected chi connectivity index (χ2v) is 4.40. The van der Waals surface area contributed by atoms with Gasteiger partial charge in [0, 0.05) is 0 Å². The summed E-state index contributed by atoms with van der Waals surface area (Å²) in [5.41, 5.74) is 0. The van der Waals surface area contributed by atoms with Crippen LogP contribution >= 0.6 is 0 Å². The van der Waals surface area contributed by atoms with Gasteiger partial charge in [0.2, 0.25) is 0 Å². The smallest absolute Gasteiger partial charge is 0.172 e. The van der Waals surface area contributed by atoms with Crippen LogP contribution in [0.25, 0.3) is 0 Å². The van der Waals surface area contributed by atoms with Crippen molar-refractivity contribution >= 4 is 9.04 Å². The standard InChI is InChI=1S/C4H10OSi/c5-6-3-1-2-4-6/h5-6H,1-4H2. The normalized spacial score (nSPS) is 25.5. The fraction of sp³-hybridized carbons (Fsp3) is 1.00. The van der Waals surface area contributed by atoms with E-state index in [0.717, 1.165) is 0 Å². The Morgan fingerprint density at radius 2 is 1.67 bits per heavy atom. The summed E-state index contributed by atoms with van der Waals surface area (Å²) >= 11 is 0. The topological polar surface area (TPSA) is 20.2 Å². The summed E-state index contributed by atoms with van der Waals surface area (Å²) in [7, 11) is -1.05. The zero-order chi connectivity index (χ0) is 4.41. The Morgan fingerprint density at radius 3 is 1.83 bits per heavy atom. The van der Waals surface area contributed by atoms with Crippen LogP contribution in [0.3, 0.4) is 0 Å². The molecule has 1 rings (SSSR count). The Morgan fingerprint density at radius 1 is 1.17 bits per heavy atom. The molecule has 0 spiro atoms. The van der Waals surface area contributed by atoms with Crippen molar-refractivity contribution in [3.63, 3.8) is 0 Å². The lowest BCUT2D eigenvalue weighted by Gasteiger charge is -1.87. The highest BCUT2D eigenvalue weighted by Crippen LogP contribution is 2.15. The van der Waals surface area contributed by atoms with Crippen molar-refractivity contribution in [1.82, 2.24) is 0 Å². The van der Waals surface area contributed by atoms with Gasteiger partial charge in [-0.05, 0) is 12.1 Å². The maximum absolute atomic E-state index is 8.87. The van der Waals surface area contributed by atoms with E-state index in [9.17, 15) is 0 Å². The predicted octanol–water partition coefficient (Wildman–Crippen LogP) is 0.496. The summed E-state index contributed by atoms with van der Waals surface area (Å²) in [6, 6.07) is 2.36. The molecule has 0 aromatic heterocycles. The van der Waals surface area contributed by atoms with Crippen LogP contribution in [0.1, 0.15) is 12.8 Å². The minimum Gasteiger partial charge on any atom is -0.435 e. The summed E-state index contributed by atoms with van der Waals surface area (Å²) in [6.45, 7) is 0. The van der Waals surface area contributed by atoms with Crippen molar-refractivity contribution in [3.05, 3.63) is 0 Å². The molecular weight excluding hydrogens is 92.1 g/mol. The molecule has 0 aromatic carbocycles. The van der Waals surface area contributed by atoms with E-state index in [1.54, 1.807) is 0 Å². The lowest BCUT2D eigenvalue weighted by atomic mass is 10.4. The van der Waals surface area contributed by atoms with Gasteiger partial charge in [0.1, 0.15) is 0 Å². The van der Waals surface area contributed by atoms with Crippen LogP contribution in [0.15, 0.2) is 0 Å². The zero-order valence-electron chi connectivity index (χ0n) is 3.85. The summed E-state index contributed by atoms with van der Waals surface area (Å²) in [5, 5.41) is 0. The summed E-state index contributed by atoms with van der Waals surface area (Å²) < 4.78 is 0. The van der Waals surface area contributed by atoms with Crippen molar-refractivity contribution in [3.8, 4) is 0 Å². The fourth-order valence-electron chi connectivity index (χ4n) is 0.904. The molecule has 0 atom stereocenters. The van der Waals surface area contributed by atoms with Gasteiger partial charge in [0.25, 0.3) is 0 Å². The van der Waals surface area contributed by atoms with Crippen LogP contribution in [0, 0.1) is 0 Å². The Balaban J connectivity index is 2.18. The summed E-state index contributed by atoms with van der Waals surface area (Å²) in [4.78, 5) is 8.87. The average molecular weight is 102 g/mol. The van der Waals surface area contributed by atoms with Crippen LogP contribution in [-0.4, -0.2) is 13.8 Å². The Bertz CT molecular complexity index is 40.8. The zero-order valence-corrected chi connectivity index (χ0v) is 5.01. The lowest BCUT2D eigenvalue weighted by Crippen LogP contribution is -2.01. The Kier molecular flexibility index (Phi) is 1.27. The van der Waals surface area contributed by atoms with E-state index in [-0.39, 0.29) is 0 Å². The second kappa shape index (κ2) is 1.75. The highest BCUT2D eigenvalue weighted by Gasteiger charge is 2.12. The highest BCUT2D eigenvalue weighted by atomic mass is 28.3. The molecule has 6 heavy (non-hydrogen) atoms. The quantitative estimate of drug-likeness (QED) is 0.441. The van der Waals surface area contributed by atoms with Gasteiger partial charge in [-0.15, -0.1) is 0 Å². The summed E-state index contributed by atoms with van der Waals surface area (Å²) in [5.74, 6) is 0. The van der Waals surface area contributed by atoms with Crippen LogP contribution in [-0.2, 0) is 0 Å². The fourth-order valence-corrected chi connectivity index (χ4v) is 2.71. The van der Waals surface area contributed by atoms with Gasteiger partial charge in [-0.3, -0.25) is 0 Å². The third-order valence-electron chi connectivity index (χ3n) is 1.32. The second-order valence-electron chi connectivity index (χ2n) is 1.94. The van der Waals surface area contributed by atoms with Crippen molar-refractivity contribution in [2.75, 3.05) is 0 Å². The van der Waals surface area contributed by atoms with E-state index in [0.29, 0.717) is 0 Å². The van der Waals surface area contributed by atoms with Crippen molar-refractivity contribution in [2.24, 2.45) is 0 Å². The molecule has 1 aliphatic rings. The SMILES string of the molecule is O[SiH]1CCCC1. The van der Waals surface area contributed by atoms with Crippen LogP contribution in [0.5, 0.6) is 0 Å². The Labute approximate surface area is 39.7 Å². The molecule has 0 radical (unpaired) electrons. The number of hydrogen-bond acceptors (Lipinski definition) is 1. The monoisotopic (exact) mass is 102 g/mol. The van der Waals surface area contributed by atoms with Gasteiger partial charge >= 0.3 is 0 Å². The van der Waals surface area contributed by atoms with Crippen LogP contribution in [0.4, 0.5) is 0 Å². The molecule has 1 nitrogen and oxygen atoms in total. The summed E-state index contributed by atoms with van der Waals surface area (Å²) in [6.07, 6.45) is 2.60. The van der Waals surface area contributed by atoms with E-state index in [1.165, 1.54) is 24.9 Å². The van der Waals surface area contributed by atoms with Gasteiger partial charge in [-0.1, -0.05) is 12.8 Å². The number of hydrogen-bond donors (Lipinski definition) is 1. The molecule has 0 saturated carbocycles. The van der Waals surface area contributed by atoms with Gasteiger partial charge in [-0.25, -0.2) is 0 Å². The van der Waals surface area contributed by atoms with Crippen molar-refractivity contribution in [1.29, 1.82) is 0 Å². The predicted molar refractivity (Wildman–Crippen MR) is 28.2 cm³/mol. The van der Waals surface area contributed by atoms with Gasteiger partial charge in [0.15, 0.2) is 9.04 Å². The first kappa shape index (κ1) is 4.34. The first-order valence-corrected chi connectivity index (χ1v) is 4.72. The minimum atomic E-state index is -1.05. The molecule has 0 amide bonds. The van der Waals surface area contributed by atoms with Crippen molar-refractivity contribution in [2.45, 2.75) is 24.9 Å². The molecular formula is C4H10OSi. The molecule has 1 saturated heterocycles. The molecule has 0 unspecified atom stereocenters. The van der Waals surface area contributed by atoms with Gasteiger partial charge in [0.05, 0.1) is 0 Å². The van der Waals surface area contributed by atoms with E-state index in [4.69, 9.17) is 4.80 Å². The molecule has 0 bridgehead atoms. The van der Waals surface area contributed by atoms with E-state index >= 15 is 0 Å². The molecule has 1 N–H and O–H groups in total. The van der Waals surface area contributed by atoms with E-state index in [1.807, 2.05) is 0 Å². The van der Waals surface area contributed by atoms with E-state index in [2.05, 4.69) is 0 Å². The first-order valence-electron chi connectivity index (χ1n) is 2.57. The molecule has 2 heteroatoms. The highest BCUT2D eigenvalue weighted by molar-refractivity contribution is 6.51. The van der Waals surface area contributed by atoms with Gasteiger partial charge in [-0.2, -0.15) is 0 Å². The largest absolute Gasteiger partial charge is 0.435 e. The maximum atomic E-state index is 8.87. The molecule has 1 aliphatic heterocycles. The lowest BCUT2D eigenvalue weighted by molar-refractivity contribution is 0.577. The van der Waals surface area contributed by atoms with E-state index < -0.39 is 9.04 Å². The molecule has 0 aliphatic carbocycles. The first-order chi connectivity index (χ1) is 2.89. The molecule has 0 aromatic rings. The third kappa shape index (κ3) is 0.818. The molecule has 36 valence electrons. The minimum absolute atomic E-state index is 1.05. The average Bonchev–Trinajstić information content (AvgIpc) is 1.86. The Hall–Kier alpha value is 0.177. The number of rotatable bonds is 0. The third-order valence-corrected chi connectivity index (χ3v) is 3.47. The van der Waals surface area contributed by atoms with Gasteiger partial charge < -0.3 is 4.80 Å². The van der Waals surface area contributed by atoms with Crippen LogP contribution < -0.4 is 0 Å². The molecule has 1 fully saturated rings. The maximum Gasteiger partial charge on any atom is 0.172 e. The van der Waals surface area contributed by atoms with Crippen molar-refractivity contribution < 1.29 is 4.80 Å². The molecule has 1 heterocycles. The van der Waals surface area contributed by atoms with Crippen LogP contribution in [0.2, 0.25) is 12.1 Å².